The van der Waals surface area contributed by atoms with E-state index in [1.165, 1.54) is 0 Å². The summed E-state index contributed by atoms with van der Waals surface area (Å²) in [5, 5.41) is 0. The van der Waals surface area contributed by atoms with E-state index in [0.29, 0.717) is 31.1 Å². The Labute approximate surface area is 107 Å². The van der Waals surface area contributed by atoms with Gasteiger partial charge in [0.15, 0.2) is 0 Å². The molecule has 0 spiro atoms. The van der Waals surface area contributed by atoms with Crippen molar-refractivity contribution in [1.29, 1.82) is 0 Å². The number of anilines is 1. The van der Waals surface area contributed by atoms with Gasteiger partial charge in [-0.1, -0.05) is 0 Å². The molecule has 1 aromatic heterocycles. The SMILES string of the molecule is COCCN(CCCN)c1ncccc1C(N)=O. The van der Waals surface area contributed by atoms with E-state index in [1.54, 1.807) is 25.4 Å². The van der Waals surface area contributed by atoms with Crippen LogP contribution in [-0.2, 0) is 4.74 Å². The molecule has 1 heterocycles. The second-order valence-corrected chi connectivity index (χ2v) is 3.86. The summed E-state index contributed by atoms with van der Waals surface area (Å²) in [5.41, 5.74) is 11.3. The standard InChI is InChI=1S/C12H20N4O2/c1-18-9-8-16(7-3-5-13)12-10(11(14)17)4-2-6-15-12/h2,4,6H,3,5,7-9,13H2,1H3,(H2,14,17). The first-order chi connectivity index (χ1) is 8.70. The van der Waals surface area contributed by atoms with Gasteiger partial charge in [-0.3, -0.25) is 4.79 Å². The highest BCUT2D eigenvalue weighted by Gasteiger charge is 2.15. The Bertz CT molecular complexity index is 376. The van der Waals surface area contributed by atoms with Crippen LogP contribution in [-0.4, -0.2) is 44.2 Å². The van der Waals surface area contributed by atoms with Crippen LogP contribution >= 0.6 is 0 Å². The molecule has 6 heteroatoms. The van der Waals surface area contributed by atoms with E-state index in [0.717, 1.165) is 13.0 Å². The summed E-state index contributed by atoms with van der Waals surface area (Å²) in [6, 6.07) is 3.37. The molecule has 0 aliphatic carbocycles. The summed E-state index contributed by atoms with van der Waals surface area (Å²) < 4.78 is 5.06. The Balaban J connectivity index is 2.92. The van der Waals surface area contributed by atoms with Gasteiger partial charge in [0.05, 0.1) is 12.2 Å². The number of nitrogens with zero attached hydrogens (tertiary/aromatic N) is 2. The van der Waals surface area contributed by atoms with Crippen molar-refractivity contribution in [2.45, 2.75) is 6.42 Å². The molecule has 0 aliphatic rings. The van der Waals surface area contributed by atoms with Crippen molar-refractivity contribution in [3.05, 3.63) is 23.9 Å². The molecule has 0 bridgehead atoms. The van der Waals surface area contributed by atoms with Crippen molar-refractivity contribution in [2.24, 2.45) is 11.5 Å². The molecule has 0 saturated heterocycles. The van der Waals surface area contributed by atoms with Crippen molar-refractivity contribution in [1.82, 2.24) is 4.98 Å². The quantitative estimate of drug-likeness (QED) is 0.678. The average molecular weight is 252 g/mol. The van der Waals surface area contributed by atoms with Gasteiger partial charge in [-0.15, -0.1) is 0 Å². The van der Waals surface area contributed by atoms with E-state index in [9.17, 15) is 4.79 Å². The number of nitrogens with two attached hydrogens (primary N) is 2. The van der Waals surface area contributed by atoms with Crippen LogP contribution < -0.4 is 16.4 Å². The predicted molar refractivity (Wildman–Crippen MR) is 70.5 cm³/mol. The number of ether oxygens (including phenoxy) is 1. The molecule has 0 atom stereocenters. The third-order valence-corrected chi connectivity index (χ3v) is 2.55. The van der Waals surface area contributed by atoms with Crippen LogP contribution in [0.2, 0.25) is 0 Å². The fourth-order valence-electron chi connectivity index (χ4n) is 1.65. The van der Waals surface area contributed by atoms with Crippen molar-refractivity contribution in [3.8, 4) is 0 Å². The number of pyridine rings is 1. The third-order valence-electron chi connectivity index (χ3n) is 2.55. The van der Waals surface area contributed by atoms with E-state index < -0.39 is 5.91 Å². The van der Waals surface area contributed by atoms with Gasteiger partial charge in [0.1, 0.15) is 5.82 Å². The van der Waals surface area contributed by atoms with E-state index in [1.807, 2.05) is 4.90 Å². The molecule has 0 radical (unpaired) electrons. The Morgan fingerprint density at radius 2 is 2.28 bits per heavy atom. The van der Waals surface area contributed by atoms with Gasteiger partial charge in [-0.2, -0.15) is 0 Å². The second kappa shape index (κ2) is 7.62. The lowest BCUT2D eigenvalue weighted by atomic mass is 10.2. The topological polar surface area (TPSA) is 94.5 Å². The van der Waals surface area contributed by atoms with Gasteiger partial charge in [-0.25, -0.2) is 4.98 Å². The Kier molecular flexibility index (Phi) is 6.10. The van der Waals surface area contributed by atoms with Crippen LogP contribution in [0.3, 0.4) is 0 Å². The number of aromatic nitrogens is 1. The van der Waals surface area contributed by atoms with E-state index >= 15 is 0 Å². The molecule has 0 aromatic carbocycles. The van der Waals surface area contributed by atoms with Crippen LogP contribution in [0, 0.1) is 0 Å². The van der Waals surface area contributed by atoms with Crippen molar-refractivity contribution < 1.29 is 9.53 Å². The molecule has 0 unspecified atom stereocenters. The number of carbonyl (C=O) groups is 1. The van der Waals surface area contributed by atoms with Crippen molar-refractivity contribution >= 4 is 11.7 Å². The van der Waals surface area contributed by atoms with Gasteiger partial charge in [0, 0.05) is 26.4 Å². The number of amides is 1. The highest BCUT2D eigenvalue weighted by Crippen LogP contribution is 2.16. The molecule has 18 heavy (non-hydrogen) atoms. The fourth-order valence-corrected chi connectivity index (χ4v) is 1.65. The highest BCUT2D eigenvalue weighted by atomic mass is 16.5. The van der Waals surface area contributed by atoms with Gasteiger partial charge in [-0.05, 0) is 25.1 Å². The summed E-state index contributed by atoms with van der Waals surface area (Å²) in [6.07, 6.45) is 2.46. The molecule has 100 valence electrons. The number of hydrogen-bond acceptors (Lipinski definition) is 5. The maximum absolute atomic E-state index is 11.4. The Morgan fingerprint density at radius 1 is 1.50 bits per heavy atom. The summed E-state index contributed by atoms with van der Waals surface area (Å²) in [6.45, 7) is 2.51. The zero-order chi connectivity index (χ0) is 13.4. The second-order valence-electron chi connectivity index (χ2n) is 3.86. The monoisotopic (exact) mass is 252 g/mol. The number of rotatable bonds is 8. The largest absolute Gasteiger partial charge is 0.383 e. The Hall–Kier alpha value is -1.66. The maximum atomic E-state index is 11.4. The molecule has 0 fully saturated rings. The van der Waals surface area contributed by atoms with E-state index in [-0.39, 0.29) is 0 Å². The van der Waals surface area contributed by atoms with Crippen LogP contribution in [0.25, 0.3) is 0 Å². The molecule has 1 rings (SSSR count). The summed E-state index contributed by atoms with van der Waals surface area (Å²) >= 11 is 0. The fraction of sp³-hybridized carbons (Fsp3) is 0.500. The molecule has 1 amide bonds. The first-order valence-electron chi connectivity index (χ1n) is 5.89. The summed E-state index contributed by atoms with van der Waals surface area (Å²) in [5.74, 6) is 0.115. The minimum Gasteiger partial charge on any atom is -0.383 e. The summed E-state index contributed by atoms with van der Waals surface area (Å²) in [7, 11) is 1.63. The van der Waals surface area contributed by atoms with Gasteiger partial charge in [0.25, 0.3) is 5.91 Å². The normalized spacial score (nSPS) is 10.3. The number of methoxy groups -OCH3 is 1. The maximum Gasteiger partial charge on any atom is 0.252 e. The molecular weight excluding hydrogens is 232 g/mol. The average Bonchev–Trinajstić information content (AvgIpc) is 2.39. The zero-order valence-electron chi connectivity index (χ0n) is 10.6. The summed E-state index contributed by atoms with van der Waals surface area (Å²) in [4.78, 5) is 17.6. The Morgan fingerprint density at radius 3 is 2.89 bits per heavy atom. The first kappa shape index (κ1) is 14.4. The van der Waals surface area contributed by atoms with Gasteiger partial charge >= 0.3 is 0 Å². The van der Waals surface area contributed by atoms with Crippen molar-refractivity contribution in [3.63, 3.8) is 0 Å². The molecule has 1 aromatic rings. The lowest BCUT2D eigenvalue weighted by molar-refractivity contribution is 0.100. The van der Waals surface area contributed by atoms with E-state index in [4.69, 9.17) is 16.2 Å². The minimum absolute atomic E-state index is 0.422. The molecule has 0 aliphatic heterocycles. The first-order valence-corrected chi connectivity index (χ1v) is 5.89. The highest BCUT2D eigenvalue weighted by molar-refractivity contribution is 5.97. The molecule has 6 nitrogen and oxygen atoms in total. The van der Waals surface area contributed by atoms with Gasteiger partial charge in [0.2, 0.25) is 0 Å². The van der Waals surface area contributed by atoms with Crippen molar-refractivity contribution in [2.75, 3.05) is 38.3 Å². The van der Waals surface area contributed by atoms with Crippen LogP contribution in [0.4, 0.5) is 5.82 Å². The number of carbonyl (C=O) groups excluding carboxylic acids is 1. The molecular formula is C12H20N4O2. The zero-order valence-corrected chi connectivity index (χ0v) is 10.6. The van der Waals surface area contributed by atoms with Crippen LogP contribution in [0.1, 0.15) is 16.8 Å². The number of hydrogen-bond donors (Lipinski definition) is 2. The van der Waals surface area contributed by atoms with E-state index in [2.05, 4.69) is 4.98 Å². The lowest BCUT2D eigenvalue weighted by Gasteiger charge is -2.24. The smallest absolute Gasteiger partial charge is 0.252 e. The molecule has 0 saturated carbocycles. The molecule has 4 N–H and O–H groups in total. The third kappa shape index (κ3) is 3.97. The minimum atomic E-state index is -0.478. The van der Waals surface area contributed by atoms with Crippen LogP contribution in [0.15, 0.2) is 18.3 Å². The number of primary amides is 1. The predicted octanol–water partition coefficient (Wildman–Crippen LogP) is -0.0179. The van der Waals surface area contributed by atoms with Crippen LogP contribution in [0.5, 0.6) is 0 Å². The van der Waals surface area contributed by atoms with Gasteiger partial charge < -0.3 is 21.1 Å². The lowest BCUT2D eigenvalue weighted by Crippen LogP contribution is -2.32.